The van der Waals surface area contributed by atoms with Gasteiger partial charge in [-0.1, -0.05) is 20.4 Å². The van der Waals surface area contributed by atoms with Crippen LogP contribution in [-0.2, 0) is 33.9 Å². The molecule has 3 aliphatic heterocycles. The average molecular weight is 552 g/mol. The summed E-state index contributed by atoms with van der Waals surface area (Å²) in [5, 5.41) is 24.0. The topological polar surface area (TPSA) is 148 Å². The molecule has 4 aliphatic carbocycles. The number of aliphatic hydroxyl groups excluding tert-OH is 1. The number of aliphatic hydroxyl groups is 2. The minimum atomic E-state index is -3.37. The second kappa shape index (κ2) is 7.96. The maximum Gasteiger partial charge on any atom is 0.309 e. The van der Waals surface area contributed by atoms with Gasteiger partial charge in [0.1, 0.15) is 23.4 Å². The van der Waals surface area contributed by atoms with Crippen molar-refractivity contribution in [3.63, 3.8) is 0 Å². The molecule has 210 valence electrons. The van der Waals surface area contributed by atoms with Crippen molar-refractivity contribution in [2.45, 2.75) is 70.4 Å². The maximum absolute atomic E-state index is 14.1. The fourth-order valence-corrected chi connectivity index (χ4v) is 10.3. The summed E-state index contributed by atoms with van der Waals surface area (Å²) < 4.78 is 37.2. The van der Waals surface area contributed by atoms with E-state index in [1.54, 1.807) is 0 Å². The lowest BCUT2D eigenvalue weighted by Gasteiger charge is -2.73. The highest BCUT2D eigenvalue weighted by atomic mass is 32.2. The quantitative estimate of drug-likeness (QED) is 0.384. The molecule has 11 heteroatoms. The first kappa shape index (κ1) is 26.6. The van der Waals surface area contributed by atoms with Crippen molar-refractivity contribution >= 4 is 27.6 Å². The Morgan fingerprint density at radius 3 is 2.45 bits per heavy atom. The molecule has 0 aromatic carbocycles. The van der Waals surface area contributed by atoms with Crippen LogP contribution in [0.3, 0.4) is 0 Å². The number of ketones is 2. The molecule has 0 radical (unpaired) electrons. The molecule has 10 nitrogen and oxygen atoms in total. The summed E-state index contributed by atoms with van der Waals surface area (Å²) in [4.78, 5) is 41.4. The molecule has 2 N–H and O–H groups in total. The van der Waals surface area contributed by atoms with Crippen LogP contribution in [0.4, 0.5) is 0 Å². The predicted molar refractivity (Wildman–Crippen MR) is 133 cm³/mol. The van der Waals surface area contributed by atoms with Gasteiger partial charge < -0.3 is 19.7 Å². The number of rotatable bonds is 3. The molecule has 2 spiro atoms. The van der Waals surface area contributed by atoms with Crippen LogP contribution in [0.5, 0.6) is 0 Å². The molecule has 0 aromatic heterocycles. The molecule has 4 bridgehead atoms. The number of piperidine rings is 1. The third kappa shape index (κ3) is 2.97. The predicted octanol–water partition coefficient (Wildman–Crippen LogP) is 0.806. The molecule has 7 fully saturated rings. The van der Waals surface area contributed by atoms with Gasteiger partial charge >= 0.3 is 5.97 Å². The van der Waals surface area contributed by atoms with Crippen molar-refractivity contribution in [3.8, 4) is 0 Å². The zero-order valence-corrected chi connectivity index (χ0v) is 23.0. The number of ether oxygens (including phenoxy) is 2. The molecular weight excluding hydrogens is 514 g/mol. The van der Waals surface area contributed by atoms with E-state index in [4.69, 9.17) is 9.47 Å². The first-order chi connectivity index (χ1) is 17.6. The van der Waals surface area contributed by atoms with Gasteiger partial charge in [-0.15, -0.1) is 0 Å². The molecule has 7 aliphatic rings. The number of hydrogen-bond donors (Lipinski definition) is 2. The van der Waals surface area contributed by atoms with Crippen LogP contribution >= 0.6 is 0 Å². The number of sulfonamides is 1. The lowest BCUT2D eigenvalue weighted by atomic mass is 9.36. The van der Waals surface area contributed by atoms with Gasteiger partial charge in [-0.2, -0.15) is 0 Å². The molecule has 0 unspecified atom stereocenters. The molecule has 3 saturated heterocycles. The van der Waals surface area contributed by atoms with Crippen molar-refractivity contribution in [3.05, 3.63) is 12.2 Å². The number of nitrogens with zero attached hydrogens (tertiary/aromatic N) is 1. The van der Waals surface area contributed by atoms with Gasteiger partial charge in [0.2, 0.25) is 15.8 Å². The minimum absolute atomic E-state index is 0.0750. The molecule has 8 atom stereocenters. The Morgan fingerprint density at radius 1 is 1.16 bits per heavy atom. The minimum Gasteiger partial charge on any atom is -0.460 e. The van der Waals surface area contributed by atoms with E-state index in [1.165, 1.54) is 4.31 Å². The van der Waals surface area contributed by atoms with E-state index in [2.05, 4.69) is 6.58 Å². The van der Waals surface area contributed by atoms with Crippen molar-refractivity contribution in [2.24, 2.45) is 39.9 Å². The van der Waals surface area contributed by atoms with Gasteiger partial charge in [0, 0.05) is 31.3 Å². The monoisotopic (exact) mass is 551 g/mol. The van der Waals surface area contributed by atoms with Gasteiger partial charge in [-0.25, -0.2) is 12.7 Å². The molecule has 7 rings (SSSR count). The summed E-state index contributed by atoms with van der Waals surface area (Å²) in [6.45, 7) is 8.26. The Morgan fingerprint density at radius 2 is 1.82 bits per heavy atom. The lowest BCUT2D eigenvalue weighted by molar-refractivity contribution is -0.437. The van der Waals surface area contributed by atoms with E-state index in [9.17, 15) is 33.0 Å². The van der Waals surface area contributed by atoms with Gasteiger partial charge in [0.25, 0.3) is 0 Å². The van der Waals surface area contributed by atoms with E-state index < -0.39 is 79.7 Å². The number of carbonyl (C=O) groups is 3. The summed E-state index contributed by atoms with van der Waals surface area (Å²) in [6, 6.07) is 0. The smallest absolute Gasteiger partial charge is 0.309 e. The summed E-state index contributed by atoms with van der Waals surface area (Å²) in [7, 11) is -3.37. The third-order valence-electron chi connectivity index (χ3n) is 11.1. The summed E-state index contributed by atoms with van der Waals surface area (Å²) in [5.41, 5.74) is -3.26. The molecule has 3 heterocycles. The van der Waals surface area contributed by atoms with E-state index in [-0.39, 0.29) is 50.3 Å². The molecule has 0 aromatic rings. The number of esters is 1. The van der Waals surface area contributed by atoms with Crippen LogP contribution in [0, 0.1) is 39.9 Å². The average Bonchev–Trinajstić information content (AvgIpc) is 2.97. The Labute approximate surface area is 222 Å². The van der Waals surface area contributed by atoms with E-state index in [0.29, 0.717) is 19.3 Å². The summed E-state index contributed by atoms with van der Waals surface area (Å²) >= 11 is 0. The zero-order chi connectivity index (χ0) is 27.6. The molecular formula is C27H37NO9S. The highest BCUT2D eigenvalue weighted by Crippen LogP contribution is 2.76. The van der Waals surface area contributed by atoms with Crippen LogP contribution in [-0.4, -0.2) is 84.4 Å². The van der Waals surface area contributed by atoms with Crippen LogP contribution in [0.1, 0.15) is 52.4 Å². The lowest BCUT2D eigenvalue weighted by Crippen LogP contribution is -2.85. The number of fused-ring (bicyclic) bond motifs is 2. The van der Waals surface area contributed by atoms with Crippen molar-refractivity contribution in [1.82, 2.24) is 4.31 Å². The van der Waals surface area contributed by atoms with E-state index in [0.717, 1.165) is 6.26 Å². The van der Waals surface area contributed by atoms with E-state index in [1.807, 2.05) is 13.8 Å². The Kier molecular flexibility index (Phi) is 5.57. The molecule has 0 amide bonds. The Balaban J connectivity index is 1.40. The van der Waals surface area contributed by atoms with Crippen LogP contribution < -0.4 is 0 Å². The van der Waals surface area contributed by atoms with Gasteiger partial charge in [0.05, 0.1) is 24.2 Å². The third-order valence-corrected chi connectivity index (χ3v) is 12.4. The van der Waals surface area contributed by atoms with Gasteiger partial charge in [0.15, 0.2) is 5.78 Å². The van der Waals surface area contributed by atoms with Crippen molar-refractivity contribution in [2.75, 3.05) is 26.0 Å². The fraction of sp³-hybridized carbons (Fsp3) is 0.815. The first-order valence-corrected chi connectivity index (χ1v) is 15.5. The summed E-state index contributed by atoms with van der Waals surface area (Å²) in [6.07, 6.45) is 0.783. The van der Waals surface area contributed by atoms with Crippen LogP contribution in [0.2, 0.25) is 0 Å². The van der Waals surface area contributed by atoms with Gasteiger partial charge in [-0.3, -0.25) is 14.4 Å². The number of hydrogen-bond acceptors (Lipinski definition) is 9. The highest BCUT2D eigenvalue weighted by Gasteiger charge is 2.88. The second-order valence-corrected chi connectivity index (χ2v) is 15.1. The maximum atomic E-state index is 14.1. The summed E-state index contributed by atoms with van der Waals surface area (Å²) in [5.74, 6) is -5.88. The normalized spacial score (nSPS) is 46.6. The van der Waals surface area contributed by atoms with Crippen molar-refractivity contribution in [1.29, 1.82) is 0 Å². The number of carbonyl (C=O) groups excluding carboxylic acids is 3. The zero-order valence-electron chi connectivity index (χ0n) is 22.1. The fourth-order valence-electron chi connectivity index (χ4n) is 9.41. The Bertz CT molecular complexity index is 1240. The molecule has 38 heavy (non-hydrogen) atoms. The first-order valence-electron chi connectivity index (χ1n) is 13.6. The van der Waals surface area contributed by atoms with Crippen LogP contribution in [0.25, 0.3) is 0 Å². The highest BCUT2D eigenvalue weighted by molar-refractivity contribution is 7.88. The molecule has 4 saturated carbocycles. The Hall–Kier alpha value is -1.66. The van der Waals surface area contributed by atoms with Gasteiger partial charge in [-0.05, 0) is 49.0 Å². The number of Topliss-reactive ketones (excluding diaryl/α,β-unsaturated/α-hetero) is 2. The standard InChI is InChI=1S/C27H37NO9S/c1-14-16-5-6-17-25-13-36-27(33,21(31)19(25)24(2,3)10-7-18(25)29)26(17,20(14)30)22(16)37-23(32)15-8-11-28(12-9-15)38(4,34)35/h15-17,19,21-22,31,33H,1,5-13H2,2-4H3/t16-,17-,19+,21-,22+,25+,26-,27-/m0/s1. The van der Waals surface area contributed by atoms with E-state index >= 15 is 0 Å². The van der Waals surface area contributed by atoms with Crippen molar-refractivity contribution < 1.29 is 42.5 Å². The van der Waals surface area contributed by atoms with Crippen LogP contribution in [0.15, 0.2) is 12.2 Å². The second-order valence-electron chi connectivity index (χ2n) is 13.1. The largest absolute Gasteiger partial charge is 0.460 e. The SMILES string of the molecule is C=C1C(=O)[C@]23[C@H](OC(=O)C4CCN(S(C)(=O)=O)CC4)[C@H]1CC[C@H]2[C@@]12CO[C@@]3(O)[C@@H](O)[C@@H]1C(C)(C)CCC2=O.